The maximum Gasteiger partial charge on any atom is 0.534 e. The van der Waals surface area contributed by atoms with Crippen LogP contribution in [0.15, 0.2) is 40.8 Å². The van der Waals surface area contributed by atoms with Crippen LogP contribution >= 0.6 is 0 Å². The van der Waals surface area contributed by atoms with Gasteiger partial charge in [-0.3, -0.25) is 0 Å². The summed E-state index contributed by atoms with van der Waals surface area (Å²) < 4.78 is 74.9. The summed E-state index contributed by atoms with van der Waals surface area (Å²) in [5, 5.41) is 0.501. The van der Waals surface area contributed by atoms with E-state index in [1.807, 2.05) is 0 Å². The van der Waals surface area contributed by atoms with Gasteiger partial charge in [0.15, 0.2) is 5.75 Å². The Hall–Kier alpha value is -2.42. The van der Waals surface area contributed by atoms with E-state index in [1.54, 1.807) is 12.1 Å². The lowest BCUT2D eigenvalue weighted by atomic mass is 10.1. The zero-order valence-electron chi connectivity index (χ0n) is 11.5. The van der Waals surface area contributed by atoms with Crippen molar-refractivity contribution in [3.05, 3.63) is 36.4 Å². The molecule has 0 atom stereocenters. The van der Waals surface area contributed by atoms with E-state index in [0.717, 1.165) is 6.07 Å². The Kier molecular flexibility index (Phi) is 3.40. The van der Waals surface area contributed by atoms with E-state index < -0.39 is 21.4 Å². The summed E-state index contributed by atoms with van der Waals surface area (Å²) in [5.74, 6) is -0.0273. The molecule has 3 rings (SSSR count). The molecule has 0 N–H and O–H groups in total. The van der Waals surface area contributed by atoms with Gasteiger partial charge in [-0.05, 0) is 30.3 Å². The van der Waals surface area contributed by atoms with Crippen LogP contribution in [0.4, 0.5) is 13.2 Å². The highest BCUT2D eigenvalue weighted by Crippen LogP contribution is 2.39. The topological polar surface area (TPSA) is 65.7 Å². The molecule has 1 aromatic heterocycles. The number of halogens is 3. The first-order valence-electron chi connectivity index (χ1n) is 6.23. The van der Waals surface area contributed by atoms with E-state index in [0.29, 0.717) is 16.7 Å². The highest BCUT2D eigenvalue weighted by Gasteiger charge is 2.48. The van der Waals surface area contributed by atoms with Crippen molar-refractivity contribution in [1.82, 2.24) is 0 Å². The molecule has 0 spiro atoms. The van der Waals surface area contributed by atoms with Gasteiger partial charge < -0.3 is 13.3 Å². The first-order valence-corrected chi connectivity index (χ1v) is 7.64. The first kappa shape index (κ1) is 15.5. The normalized spacial score (nSPS) is 12.7. The molecule has 0 saturated heterocycles. The minimum atomic E-state index is -5.78. The van der Waals surface area contributed by atoms with Gasteiger partial charge in [0, 0.05) is 5.39 Å². The van der Waals surface area contributed by atoms with E-state index >= 15 is 0 Å². The van der Waals surface area contributed by atoms with Crippen LogP contribution in [-0.4, -0.2) is 21.0 Å². The standard InChI is InChI=1S/C14H9F3O5S/c1-20-8-5-6-10-9(7-8)13-11(21-10)3-2-4-12(13)22-23(18,19)14(15,16)17/h2-7H,1H3. The number of benzene rings is 2. The minimum absolute atomic E-state index is 0.120. The average molecular weight is 346 g/mol. The quantitative estimate of drug-likeness (QED) is 0.533. The fraction of sp³-hybridized carbons (Fsp3) is 0.143. The second-order valence-corrected chi connectivity index (χ2v) is 6.11. The summed E-state index contributed by atoms with van der Waals surface area (Å²) in [6, 6.07) is 8.65. The molecular formula is C14H9F3O5S. The monoisotopic (exact) mass is 346 g/mol. The van der Waals surface area contributed by atoms with Gasteiger partial charge in [0.25, 0.3) is 0 Å². The summed E-state index contributed by atoms with van der Waals surface area (Å²) in [6.07, 6.45) is 0. The van der Waals surface area contributed by atoms with Gasteiger partial charge in [-0.1, -0.05) is 6.07 Å². The number of rotatable bonds is 3. The number of hydrogen-bond donors (Lipinski definition) is 0. The van der Waals surface area contributed by atoms with Gasteiger partial charge in [-0.2, -0.15) is 21.6 Å². The van der Waals surface area contributed by atoms with Crippen LogP contribution in [0.2, 0.25) is 0 Å². The molecule has 0 aliphatic carbocycles. The number of fused-ring (bicyclic) bond motifs is 3. The van der Waals surface area contributed by atoms with Crippen molar-refractivity contribution in [2.75, 3.05) is 7.11 Å². The van der Waals surface area contributed by atoms with E-state index in [-0.39, 0.29) is 11.0 Å². The van der Waals surface area contributed by atoms with E-state index in [9.17, 15) is 21.6 Å². The van der Waals surface area contributed by atoms with E-state index in [4.69, 9.17) is 9.15 Å². The molecule has 23 heavy (non-hydrogen) atoms. The molecule has 0 radical (unpaired) electrons. The van der Waals surface area contributed by atoms with Gasteiger partial charge in [0.2, 0.25) is 0 Å². The molecule has 3 aromatic rings. The number of methoxy groups -OCH3 is 1. The number of alkyl halides is 3. The Morgan fingerprint density at radius 1 is 1.09 bits per heavy atom. The van der Waals surface area contributed by atoms with Crippen molar-refractivity contribution in [3.63, 3.8) is 0 Å². The Morgan fingerprint density at radius 3 is 2.48 bits per heavy atom. The third-order valence-electron chi connectivity index (χ3n) is 3.15. The van der Waals surface area contributed by atoms with E-state index in [1.165, 1.54) is 25.3 Å². The Morgan fingerprint density at radius 2 is 1.83 bits per heavy atom. The van der Waals surface area contributed by atoms with Crippen molar-refractivity contribution in [1.29, 1.82) is 0 Å². The van der Waals surface area contributed by atoms with Crippen LogP contribution in [0.5, 0.6) is 11.5 Å². The van der Waals surface area contributed by atoms with Crippen LogP contribution in [0.25, 0.3) is 21.9 Å². The molecule has 9 heteroatoms. The van der Waals surface area contributed by atoms with E-state index in [2.05, 4.69) is 4.18 Å². The highest BCUT2D eigenvalue weighted by molar-refractivity contribution is 7.88. The second kappa shape index (κ2) is 5.05. The molecule has 0 aliphatic rings. The fourth-order valence-electron chi connectivity index (χ4n) is 2.14. The van der Waals surface area contributed by atoms with Crippen LogP contribution in [0.1, 0.15) is 0 Å². The summed E-state index contributed by atoms with van der Waals surface area (Å²) in [7, 11) is -4.35. The molecule has 0 amide bonds. The zero-order chi connectivity index (χ0) is 16.8. The van der Waals surface area contributed by atoms with Crippen molar-refractivity contribution in [2.24, 2.45) is 0 Å². The van der Waals surface area contributed by atoms with Crippen molar-refractivity contribution in [3.8, 4) is 11.5 Å². The second-order valence-electron chi connectivity index (χ2n) is 4.58. The first-order chi connectivity index (χ1) is 10.7. The molecule has 0 bridgehead atoms. The van der Waals surface area contributed by atoms with Crippen molar-refractivity contribution in [2.45, 2.75) is 5.51 Å². The van der Waals surface area contributed by atoms with Crippen LogP contribution < -0.4 is 8.92 Å². The van der Waals surface area contributed by atoms with Crippen molar-refractivity contribution >= 4 is 32.1 Å². The molecule has 122 valence electrons. The lowest BCUT2D eigenvalue weighted by molar-refractivity contribution is -0.0499. The van der Waals surface area contributed by atoms with Crippen LogP contribution in [0, 0.1) is 0 Å². The summed E-state index contributed by atoms with van der Waals surface area (Å²) in [6.45, 7) is 0. The highest BCUT2D eigenvalue weighted by atomic mass is 32.2. The third kappa shape index (κ3) is 2.56. The molecule has 5 nitrogen and oxygen atoms in total. The molecule has 2 aromatic carbocycles. The molecule has 0 fully saturated rings. The van der Waals surface area contributed by atoms with Crippen molar-refractivity contribution < 1.29 is 34.9 Å². The molecule has 1 heterocycles. The van der Waals surface area contributed by atoms with Gasteiger partial charge in [0.05, 0.1) is 12.5 Å². The zero-order valence-corrected chi connectivity index (χ0v) is 12.4. The third-order valence-corrected chi connectivity index (χ3v) is 4.11. The lowest BCUT2D eigenvalue weighted by Crippen LogP contribution is -2.28. The Balaban J connectivity index is 2.25. The van der Waals surface area contributed by atoms with Gasteiger partial charge in [0.1, 0.15) is 16.9 Å². The summed E-state index contributed by atoms with van der Waals surface area (Å²) >= 11 is 0. The predicted octanol–water partition coefficient (Wildman–Crippen LogP) is 3.82. The Bertz CT molecular complexity index is 989. The SMILES string of the molecule is COc1ccc2oc3cccc(OS(=O)(=O)C(F)(F)F)c3c2c1. The smallest absolute Gasteiger partial charge is 0.497 e. The number of furan rings is 1. The van der Waals surface area contributed by atoms with Crippen LogP contribution in [-0.2, 0) is 10.1 Å². The maximum atomic E-state index is 12.5. The molecule has 0 saturated carbocycles. The number of hydrogen-bond acceptors (Lipinski definition) is 5. The molecular weight excluding hydrogens is 337 g/mol. The number of ether oxygens (including phenoxy) is 1. The van der Waals surface area contributed by atoms with Gasteiger partial charge in [-0.15, -0.1) is 0 Å². The van der Waals surface area contributed by atoms with Gasteiger partial charge >= 0.3 is 15.6 Å². The lowest BCUT2D eigenvalue weighted by Gasteiger charge is -2.10. The fourth-order valence-corrected chi connectivity index (χ4v) is 2.61. The predicted molar refractivity (Wildman–Crippen MR) is 75.9 cm³/mol. The minimum Gasteiger partial charge on any atom is -0.497 e. The average Bonchev–Trinajstić information content (AvgIpc) is 2.84. The summed E-state index contributed by atoms with van der Waals surface area (Å²) in [5.41, 5.74) is -4.96. The van der Waals surface area contributed by atoms with Gasteiger partial charge in [-0.25, -0.2) is 0 Å². The summed E-state index contributed by atoms with van der Waals surface area (Å²) in [4.78, 5) is 0. The maximum absolute atomic E-state index is 12.5. The van der Waals surface area contributed by atoms with Crippen LogP contribution in [0.3, 0.4) is 0 Å². The molecule has 0 unspecified atom stereocenters. The Labute approximate surface area is 128 Å². The largest absolute Gasteiger partial charge is 0.534 e. The molecule has 0 aliphatic heterocycles.